The van der Waals surface area contributed by atoms with Crippen LogP contribution in [0.3, 0.4) is 0 Å². The number of alkyl halides is 5. The van der Waals surface area contributed by atoms with Crippen molar-refractivity contribution in [3.8, 4) is 0 Å². The minimum atomic E-state index is -4.55. The Morgan fingerprint density at radius 1 is 1.39 bits per heavy atom. The fourth-order valence-corrected chi connectivity index (χ4v) is 1.89. The van der Waals surface area contributed by atoms with Crippen LogP contribution in [0.4, 0.5) is 22.0 Å². The van der Waals surface area contributed by atoms with Crippen LogP contribution in [-0.4, -0.2) is 29.7 Å². The maximum atomic E-state index is 12.2. The van der Waals surface area contributed by atoms with Gasteiger partial charge in [-0.1, -0.05) is 0 Å². The molecule has 1 aromatic rings. The van der Waals surface area contributed by atoms with E-state index in [0.717, 1.165) is 6.20 Å². The van der Waals surface area contributed by atoms with Crippen molar-refractivity contribution in [3.63, 3.8) is 0 Å². The van der Waals surface area contributed by atoms with E-state index in [4.69, 9.17) is 0 Å². The van der Waals surface area contributed by atoms with Crippen molar-refractivity contribution in [1.29, 1.82) is 0 Å². The summed E-state index contributed by atoms with van der Waals surface area (Å²) in [6, 6.07) is 0. The summed E-state index contributed by atoms with van der Waals surface area (Å²) in [5.74, 6) is 0. The van der Waals surface area contributed by atoms with Crippen molar-refractivity contribution in [2.75, 3.05) is 13.2 Å². The van der Waals surface area contributed by atoms with Crippen LogP contribution in [0.2, 0.25) is 0 Å². The van der Waals surface area contributed by atoms with Crippen LogP contribution in [0.5, 0.6) is 0 Å². The van der Waals surface area contributed by atoms with Crippen molar-refractivity contribution < 1.29 is 31.8 Å². The van der Waals surface area contributed by atoms with Crippen molar-refractivity contribution in [2.24, 2.45) is 0 Å². The van der Waals surface area contributed by atoms with E-state index in [2.05, 4.69) is 9.72 Å². The number of hydrogen-bond donors (Lipinski definition) is 1. The van der Waals surface area contributed by atoms with E-state index in [1.54, 1.807) is 0 Å². The van der Waals surface area contributed by atoms with Gasteiger partial charge in [0.2, 0.25) is 0 Å². The fraction of sp³-hybridized carbons (Fsp3) is 0.667. The van der Waals surface area contributed by atoms with Gasteiger partial charge in [-0.2, -0.15) is 13.2 Å². The standard InChI is InChI=1S/C9H10F5NO2S/c10-7(11)4-17-2-1-5(16)6-3-15-8(18-6)9(12,13)14/h3,5,7,16H,1-2,4H2. The van der Waals surface area contributed by atoms with E-state index >= 15 is 0 Å². The molecule has 0 aliphatic rings. The molecular formula is C9H10F5NO2S. The van der Waals surface area contributed by atoms with Crippen molar-refractivity contribution >= 4 is 11.3 Å². The molecule has 18 heavy (non-hydrogen) atoms. The number of aliphatic hydroxyl groups excluding tert-OH is 1. The first-order chi connectivity index (χ1) is 8.30. The van der Waals surface area contributed by atoms with Gasteiger partial charge in [0.05, 0.1) is 11.0 Å². The molecule has 0 aromatic carbocycles. The average molecular weight is 291 g/mol. The van der Waals surface area contributed by atoms with Gasteiger partial charge in [-0.15, -0.1) is 11.3 Å². The van der Waals surface area contributed by atoms with Gasteiger partial charge in [-0.25, -0.2) is 13.8 Å². The summed E-state index contributed by atoms with van der Waals surface area (Å²) >= 11 is 0.322. The number of nitrogens with zero attached hydrogens (tertiary/aromatic N) is 1. The predicted molar refractivity (Wildman–Crippen MR) is 53.5 cm³/mol. The molecule has 1 atom stereocenters. The van der Waals surface area contributed by atoms with Crippen LogP contribution in [-0.2, 0) is 10.9 Å². The molecule has 0 radical (unpaired) electrons. The van der Waals surface area contributed by atoms with Crippen LogP contribution in [0.15, 0.2) is 6.20 Å². The van der Waals surface area contributed by atoms with E-state index in [-0.39, 0.29) is 17.9 Å². The molecule has 0 amide bonds. The van der Waals surface area contributed by atoms with Gasteiger partial charge in [0, 0.05) is 19.2 Å². The number of halogens is 5. The van der Waals surface area contributed by atoms with Gasteiger partial charge >= 0.3 is 6.18 Å². The quantitative estimate of drug-likeness (QED) is 0.647. The van der Waals surface area contributed by atoms with Crippen LogP contribution in [0.1, 0.15) is 22.4 Å². The smallest absolute Gasteiger partial charge is 0.387 e. The Morgan fingerprint density at radius 3 is 2.56 bits per heavy atom. The molecule has 0 aliphatic heterocycles. The summed E-state index contributed by atoms with van der Waals surface area (Å²) < 4.78 is 64.6. The summed E-state index contributed by atoms with van der Waals surface area (Å²) in [4.78, 5) is 3.17. The van der Waals surface area contributed by atoms with Crippen molar-refractivity contribution in [3.05, 3.63) is 16.1 Å². The highest BCUT2D eigenvalue weighted by atomic mass is 32.1. The third-order valence-electron chi connectivity index (χ3n) is 1.87. The first kappa shape index (κ1) is 15.3. The zero-order valence-corrected chi connectivity index (χ0v) is 9.77. The Kier molecular flexibility index (Phi) is 5.42. The second-order valence-electron chi connectivity index (χ2n) is 3.34. The van der Waals surface area contributed by atoms with Gasteiger partial charge in [0.1, 0.15) is 6.61 Å². The molecule has 1 unspecified atom stereocenters. The summed E-state index contributed by atoms with van der Waals surface area (Å²) in [6.07, 6.45) is -7.50. The molecule has 0 aliphatic carbocycles. The van der Waals surface area contributed by atoms with Crippen LogP contribution in [0, 0.1) is 0 Å². The number of thiazole rings is 1. The van der Waals surface area contributed by atoms with Gasteiger partial charge in [-0.3, -0.25) is 0 Å². The predicted octanol–water partition coefficient (Wildman–Crippen LogP) is 2.87. The lowest BCUT2D eigenvalue weighted by Gasteiger charge is -2.08. The summed E-state index contributed by atoms with van der Waals surface area (Å²) in [6.45, 7) is -0.923. The second-order valence-corrected chi connectivity index (χ2v) is 4.40. The number of rotatable bonds is 6. The number of aromatic nitrogens is 1. The lowest BCUT2D eigenvalue weighted by atomic mass is 10.2. The number of aliphatic hydroxyl groups is 1. The molecule has 3 nitrogen and oxygen atoms in total. The minimum Gasteiger partial charge on any atom is -0.387 e. The van der Waals surface area contributed by atoms with E-state index in [1.165, 1.54) is 0 Å². The highest BCUT2D eigenvalue weighted by Crippen LogP contribution is 2.34. The Morgan fingerprint density at radius 2 is 2.06 bits per heavy atom. The SMILES string of the molecule is OC(CCOCC(F)F)c1cnc(C(F)(F)F)s1. The van der Waals surface area contributed by atoms with E-state index in [9.17, 15) is 27.1 Å². The van der Waals surface area contributed by atoms with E-state index in [1.807, 2.05) is 0 Å². The largest absolute Gasteiger partial charge is 0.443 e. The molecule has 1 rings (SSSR count). The molecule has 0 fully saturated rings. The molecule has 0 spiro atoms. The van der Waals surface area contributed by atoms with Crippen LogP contribution >= 0.6 is 11.3 Å². The Labute approximate surface area is 103 Å². The molecule has 1 heterocycles. The van der Waals surface area contributed by atoms with E-state index < -0.39 is 30.3 Å². The molecule has 1 N–H and O–H groups in total. The van der Waals surface area contributed by atoms with Crippen molar-refractivity contribution in [1.82, 2.24) is 4.98 Å². The minimum absolute atomic E-state index is 0.0305. The number of ether oxygens (including phenoxy) is 1. The molecule has 0 saturated carbocycles. The Bertz CT molecular complexity index is 368. The monoisotopic (exact) mass is 291 g/mol. The third-order valence-corrected chi connectivity index (χ3v) is 3.02. The molecule has 1 aromatic heterocycles. The molecular weight excluding hydrogens is 281 g/mol. The number of hydrogen-bond acceptors (Lipinski definition) is 4. The van der Waals surface area contributed by atoms with Gasteiger partial charge < -0.3 is 9.84 Å². The average Bonchev–Trinajstić information content (AvgIpc) is 2.72. The highest BCUT2D eigenvalue weighted by Gasteiger charge is 2.35. The molecule has 0 bridgehead atoms. The van der Waals surface area contributed by atoms with Gasteiger partial charge in [0.25, 0.3) is 6.43 Å². The lowest BCUT2D eigenvalue weighted by Crippen LogP contribution is -2.08. The zero-order chi connectivity index (χ0) is 13.8. The molecule has 104 valence electrons. The van der Waals surface area contributed by atoms with Gasteiger partial charge in [0.15, 0.2) is 5.01 Å². The Hall–Kier alpha value is -0.800. The summed E-state index contributed by atoms with van der Waals surface area (Å²) in [5.41, 5.74) is 0. The van der Waals surface area contributed by atoms with Crippen LogP contribution in [0.25, 0.3) is 0 Å². The maximum absolute atomic E-state index is 12.2. The van der Waals surface area contributed by atoms with E-state index in [0.29, 0.717) is 11.3 Å². The first-order valence-electron chi connectivity index (χ1n) is 4.87. The first-order valence-corrected chi connectivity index (χ1v) is 5.69. The summed E-state index contributed by atoms with van der Waals surface area (Å²) in [5, 5.41) is 8.45. The second kappa shape index (κ2) is 6.39. The topological polar surface area (TPSA) is 42.4 Å². The Balaban J connectivity index is 2.42. The molecule has 9 heteroatoms. The highest BCUT2D eigenvalue weighted by molar-refractivity contribution is 7.11. The maximum Gasteiger partial charge on any atom is 0.443 e. The van der Waals surface area contributed by atoms with Gasteiger partial charge in [-0.05, 0) is 0 Å². The molecule has 0 saturated heterocycles. The lowest BCUT2D eigenvalue weighted by molar-refractivity contribution is -0.137. The third kappa shape index (κ3) is 4.83. The van der Waals surface area contributed by atoms with Crippen molar-refractivity contribution in [2.45, 2.75) is 25.1 Å². The summed E-state index contributed by atoms with van der Waals surface area (Å²) in [7, 11) is 0. The normalized spacial score (nSPS) is 14.2. The fourth-order valence-electron chi connectivity index (χ4n) is 1.08. The zero-order valence-electron chi connectivity index (χ0n) is 8.95. The van der Waals surface area contributed by atoms with Crippen LogP contribution < -0.4 is 0 Å².